The van der Waals surface area contributed by atoms with E-state index in [2.05, 4.69) is 4.74 Å². The summed E-state index contributed by atoms with van der Waals surface area (Å²) in [6, 6.07) is 6.25. The van der Waals surface area contributed by atoms with Gasteiger partial charge in [0, 0.05) is 5.56 Å². The van der Waals surface area contributed by atoms with E-state index in [0.29, 0.717) is 5.56 Å². The Labute approximate surface area is 98.0 Å². The number of aliphatic hydroxyl groups is 1. The summed E-state index contributed by atoms with van der Waals surface area (Å²) in [6.07, 6.45) is -0.526. The van der Waals surface area contributed by atoms with Crippen LogP contribution in [0.2, 0.25) is 0 Å². The lowest BCUT2D eigenvalue weighted by Gasteiger charge is -2.02. The zero-order chi connectivity index (χ0) is 12.8. The minimum Gasteiger partial charge on any atom is -0.463 e. The summed E-state index contributed by atoms with van der Waals surface area (Å²) in [5.74, 6) is -2.39. The normalized spacial score (nSPS) is 9.76. The van der Waals surface area contributed by atoms with Crippen LogP contribution in [-0.4, -0.2) is 29.8 Å². The second kappa shape index (κ2) is 5.91. The molecule has 0 atom stereocenters. The molecule has 0 aliphatic heterocycles. The summed E-state index contributed by atoms with van der Waals surface area (Å²) in [6.45, 7) is -0.188. The van der Waals surface area contributed by atoms with Crippen LogP contribution in [0, 0.1) is 0 Å². The molecule has 0 heterocycles. The van der Waals surface area contributed by atoms with Crippen LogP contribution in [0.5, 0.6) is 0 Å². The summed E-state index contributed by atoms with van der Waals surface area (Å²) in [7, 11) is 1.08. The van der Waals surface area contributed by atoms with Crippen molar-refractivity contribution in [2.75, 3.05) is 7.11 Å². The zero-order valence-corrected chi connectivity index (χ0v) is 9.30. The second-order valence-electron chi connectivity index (χ2n) is 3.37. The molecule has 1 aromatic carbocycles. The summed E-state index contributed by atoms with van der Waals surface area (Å²) in [5.41, 5.74) is 0.857. The molecule has 0 bridgehead atoms. The maximum absolute atomic E-state index is 11.6. The van der Waals surface area contributed by atoms with Crippen LogP contribution in [0.3, 0.4) is 0 Å². The van der Waals surface area contributed by atoms with Gasteiger partial charge < -0.3 is 9.84 Å². The standard InChI is InChI=1S/C12H12O5/c1-17-12(16)11(15)6-10(14)9-4-2-3-8(5-9)7-13/h2-5,13H,6-7H2,1H3. The van der Waals surface area contributed by atoms with E-state index < -0.39 is 24.0 Å². The SMILES string of the molecule is COC(=O)C(=O)CC(=O)c1cccc(CO)c1. The number of esters is 1. The van der Waals surface area contributed by atoms with Crippen LogP contribution in [0.1, 0.15) is 22.3 Å². The highest BCUT2D eigenvalue weighted by Gasteiger charge is 2.19. The highest BCUT2D eigenvalue weighted by atomic mass is 16.5. The fourth-order valence-electron chi connectivity index (χ4n) is 1.28. The van der Waals surface area contributed by atoms with Gasteiger partial charge in [0.05, 0.1) is 20.1 Å². The fraction of sp³-hybridized carbons (Fsp3) is 0.250. The van der Waals surface area contributed by atoms with Gasteiger partial charge in [-0.1, -0.05) is 18.2 Å². The molecule has 5 heteroatoms. The molecule has 0 unspecified atom stereocenters. The predicted molar refractivity (Wildman–Crippen MR) is 58.3 cm³/mol. The molecule has 0 aromatic heterocycles. The van der Waals surface area contributed by atoms with E-state index in [4.69, 9.17) is 5.11 Å². The maximum Gasteiger partial charge on any atom is 0.374 e. The molecule has 0 saturated heterocycles. The minimum absolute atomic E-state index is 0.188. The van der Waals surface area contributed by atoms with Gasteiger partial charge in [-0.3, -0.25) is 9.59 Å². The molecule has 1 rings (SSSR count). The first-order valence-electron chi connectivity index (χ1n) is 4.92. The molecule has 5 nitrogen and oxygen atoms in total. The highest BCUT2D eigenvalue weighted by Crippen LogP contribution is 2.08. The Balaban J connectivity index is 2.76. The van der Waals surface area contributed by atoms with Crippen molar-refractivity contribution in [2.24, 2.45) is 0 Å². The van der Waals surface area contributed by atoms with Crippen LogP contribution in [0.4, 0.5) is 0 Å². The number of benzene rings is 1. The molecule has 0 saturated carbocycles. The van der Waals surface area contributed by atoms with E-state index in [9.17, 15) is 14.4 Å². The van der Waals surface area contributed by atoms with E-state index >= 15 is 0 Å². The van der Waals surface area contributed by atoms with Crippen molar-refractivity contribution in [3.8, 4) is 0 Å². The average Bonchev–Trinajstić information content (AvgIpc) is 2.37. The van der Waals surface area contributed by atoms with E-state index in [1.165, 1.54) is 12.1 Å². The van der Waals surface area contributed by atoms with Crippen LogP contribution in [0.25, 0.3) is 0 Å². The van der Waals surface area contributed by atoms with Crippen molar-refractivity contribution in [3.05, 3.63) is 35.4 Å². The summed E-state index contributed by atoms with van der Waals surface area (Å²) in [5, 5.41) is 8.90. The monoisotopic (exact) mass is 236 g/mol. The van der Waals surface area contributed by atoms with Gasteiger partial charge in [0.15, 0.2) is 5.78 Å². The summed E-state index contributed by atoms with van der Waals surface area (Å²) < 4.78 is 4.21. The lowest BCUT2D eigenvalue weighted by atomic mass is 10.0. The first kappa shape index (κ1) is 13.1. The van der Waals surface area contributed by atoms with Crippen molar-refractivity contribution in [1.29, 1.82) is 0 Å². The van der Waals surface area contributed by atoms with Crippen molar-refractivity contribution in [1.82, 2.24) is 0 Å². The largest absolute Gasteiger partial charge is 0.463 e. The van der Waals surface area contributed by atoms with E-state index in [1.807, 2.05) is 0 Å². The molecule has 1 N–H and O–H groups in total. The Morgan fingerprint density at radius 2 is 2.00 bits per heavy atom. The number of ketones is 2. The smallest absolute Gasteiger partial charge is 0.374 e. The Morgan fingerprint density at radius 1 is 1.29 bits per heavy atom. The van der Waals surface area contributed by atoms with Gasteiger partial charge in [0.25, 0.3) is 0 Å². The van der Waals surface area contributed by atoms with Crippen LogP contribution < -0.4 is 0 Å². The molecule has 1 aromatic rings. The fourth-order valence-corrected chi connectivity index (χ4v) is 1.28. The molecule has 0 radical (unpaired) electrons. The van der Waals surface area contributed by atoms with Gasteiger partial charge in [-0.15, -0.1) is 0 Å². The molecular formula is C12H12O5. The lowest BCUT2D eigenvalue weighted by molar-refractivity contribution is -0.151. The molecule has 90 valence electrons. The van der Waals surface area contributed by atoms with Crippen molar-refractivity contribution in [2.45, 2.75) is 13.0 Å². The number of ether oxygens (including phenoxy) is 1. The van der Waals surface area contributed by atoms with Gasteiger partial charge in [0.2, 0.25) is 5.78 Å². The van der Waals surface area contributed by atoms with E-state index in [1.54, 1.807) is 12.1 Å². The molecule has 17 heavy (non-hydrogen) atoms. The Morgan fingerprint density at radius 3 is 2.59 bits per heavy atom. The van der Waals surface area contributed by atoms with Crippen LogP contribution in [0.15, 0.2) is 24.3 Å². The topological polar surface area (TPSA) is 80.7 Å². The van der Waals surface area contributed by atoms with Crippen molar-refractivity contribution in [3.63, 3.8) is 0 Å². The van der Waals surface area contributed by atoms with Crippen molar-refractivity contribution < 1.29 is 24.2 Å². The average molecular weight is 236 g/mol. The quantitative estimate of drug-likeness (QED) is 0.348. The number of carbonyl (C=O) groups excluding carboxylic acids is 3. The molecule has 0 fully saturated rings. The number of rotatable bonds is 5. The van der Waals surface area contributed by atoms with Gasteiger partial charge in [-0.05, 0) is 11.6 Å². The lowest BCUT2D eigenvalue weighted by Crippen LogP contribution is -2.19. The Hall–Kier alpha value is -2.01. The van der Waals surface area contributed by atoms with Gasteiger partial charge in [-0.25, -0.2) is 4.79 Å². The van der Waals surface area contributed by atoms with Crippen LogP contribution >= 0.6 is 0 Å². The van der Waals surface area contributed by atoms with Crippen LogP contribution in [-0.2, 0) is 20.9 Å². The third kappa shape index (κ3) is 3.49. The Kier molecular flexibility index (Phi) is 4.54. The van der Waals surface area contributed by atoms with Gasteiger partial charge >= 0.3 is 5.97 Å². The second-order valence-corrected chi connectivity index (χ2v) is 3.37. The van der Waals surface area contributed by atoms with E-state index in [0.717, 1.165) is 7.11 Å². The number of carbonyl (C=O) groups is 3. The van der Waals surface area contributed by atoms with Crippen molar-refractivity contribution >= 4 is 17.5 Å². The number of aliphatic hydroxyl groups excluding tert-OH is 1. The van der Waals surface area contributed by atoms with E-state index in [-0.39, 0.29) is 12.2 Å². The van der Waals surface area contributed by atoms with Gasteiger partial charge in [0.1, 0.15) is 0 Å². The molecule has 0 aliphatic rings. The third-order valence-corrected chi connectivity index (χ3v) is 2.17. The molecule has 0 spiro atoms. The minimum atomic E-state index is -1.03. The highest BCUT2D eigenvalue weighted by molar-refractivity contribution is 6.38. The third-order valence-electron chi connectivity index (χ3n) is 2.17. The first-order valence-corrected chi connectivity index (χ1v) is 4.92. The summed E-state index contributed by atoms with van der Waals surface area (Å²) >= 11 is 0. The zero-order valence-electron chi connectivity index (χ0n) is 9.30. The Bertz CT molecular complexity index is 450. The molecule has 0 aliphatic carbocycles. The molecule has 0 amide bonds. The number of methoxy groups -OCH3 is 1. The maximum atomic E-state index is 11.6. The number of hydrogen-bond acceptors (Lipinski definition) is 5. The summed E-state index contributed by atoms with van der Waals surface area (Å²) in [4.78, 5) is 33.6. The predicted octanol–water partition coefficient (Wildman–Crippen LogP) is 0.494. The molecular weight excluding hydrogens is 224 g/mol. The number of Topliss-reactive ketones (excluding diaryl/α,β-unsaturated/α-hetero) is 2. The first-order chi connectivity index (χ1) is 8.08. The number of hydrogen-bond donors (Lipinski definition) is 1. The van der Waals surface area contributed by atoms with Gasteiger partial charge in [-0.2, -0.15) is 0 Å².